The van der Waals surface area contributed by atoms with Gasteiger partial charge in [0.1, 0.15) is 5.65 Å². The topological polar surface area (TPSA) is 49.6 Å². The second-order valence-electron chi connectivity index (χ2n) is 3.99. The van der Waals surface area contributed by atoms with E-state index in [1.54, 1.807) is 0 Å². The van der Waals surface area contributed by atoms with Gasteiger partial charge in [-0.25, -0.2) is 4.98 Å². The van der Waals surface area contributed by atoms with E-state index < -0.39 is 0 Å². The van der Waals surface area contributed by atoms with Crippen LogP contribution in [0.1, 0.15) is 19.0 Å². The molecule has 16 heavy (non-hydrogen) atoms. The van der Waals surface area contributed by atoms with Crippen LogP contribution in [0, 0.1) is 0 Å². The lowest BCUT2D eigenvalue weighted by Crippen LogP contribution is -2.26. The van der Waals surface area contributed by atoms with Crippen LogP contribution in [-0.4, -0.2) is 27.1 Å². The fraction of sp³-hybridized carbons (Fsp3) is 0.417. The average molecular weight is 219 g/mol. The zero-order valence-corrected chi connectivity index (χ0v) is 9.43. The summed E-state index contributed by atoms with van der Waals surface area (Å²) >= 11 is 0. The fourth-order valence-corrected chi connectivity index (χ4v) is 1.65. The molecule has 0 saturated heterocycles. The van der Waals surface area contributed by atoms with Gasteiger partial charge in [0.2, 0.25) is 0 Å². The van der Waals surface area contributed by atoms with Gasteiger partial charge in [-0.3, -0.25) is 0 Å². The SMILES string of the molecule is C[C@H](CCO)NCc1cn2ccccc2n1. The molecule has 0 amide bonds. The van der Waals surface area contributed by atoms with Crippen molar-refractivity contribution < 1.29 is 5.11 Å². The van der Waals surface area contributed by atoms with Gasteiger partial charge >= 0.3 is 0 Å². The molecule has 2 aromatic heterocycles. The molecule has 4 heteroatoms. The van der Waals surface area contributed by atoms with Crippen LogP contribution in [0.25, 0.3) is 5.65 Å². The Labute approximate surface area is 94.9 Å². The molecule has 0 bridgehead atoms. The second kappa shape index (κ2) is 5.09. The van der Waals surface area contributed by atoms with Gasteiger partial charge in [0.15, 0.2) is 0 Å². The van der Waals surface area contributed by atoms with E-state index in [-0.39, 0.29) is 6.61 Å². The molecule has 0 spiro atoms. The zero-order chi connectivity index (χ0) is 11.4. The molecule has 2 rings (SSSR count). The van der Waals surface area contributed by atoms with E-state index in [1.165, 1.54) is 0 Å². The van der Waals surface area contributed by atoms with E-state index in [4.69, 9.17) is 5.11 Å². The molecule has 0 aliphatic carbocycles. The number of pyridine rings is 1. The molecule has 0 aliphatic heterocycles. The number of hydrogen-bond donors (Lipinski definition) is 2. The number of fused-ring (bicyclic) bond motifs is 1. The smallest absolute Gasteiger partial charge is 0.137 e. The summed E-state index contributed by atoms with van der Waals surface area (Å²) in [5.74, 6) is 0. The quantitative estimate of drug-likeness (QED) is 0.794. The first-order chi connectivity index (χ1) is 7.79. The predicted molar refractivity (Wildman–Crippen MR) is 63.2 cm³/mol. The van der Waals surface area contributed by atoms with Crippen LogP contribution >= 0.6 is 0 Å². The Bertz CT molecular complexity index is 419. The summed E-state index contributed by atoms with van der Waals surface area (Å²) < 4.78 is 2.01. The Hall–Kier alpha value is -1.39. The summed E-state index contributed by atoms with van der Waals surface area (Å²) in [5.41, 5.74) is 1.99. The van der Waals surface area contributed by atoms with Crippen LogP contribution in [-0.2, 0) is 6.54 Å². The van der Waals surface area contributed by atoms with Crippen molar-refractivity contribution in [1.29, 1.82) is 0 Å². The van der Waals surface area contributed by atoms with Crippen molar-refractivity contribution in [2.24, 2.45) is 0 Å². The van der Waals surface area contributed by atoms with Gasteiger partial charge in [0, 0.05) is 31.6 Å². The van der Waals surface area contributed by atoms with Crippen LogP contribution in [0.3, 0.4) is 0 Å². The Morgan fingerprint density at radius 1 is 1.50 bits per heavy atom. The summed E-state index contributed by atoms with van der Waals surface area (Å²) in [6.45, 7) is 3.02. The minimum Gasteiger partial charge on any atom is -0.396 e. The van der Waals surface area contributed by atoms with Gasteiger partial charge < -0.3 is 14.8 Å². The highest BCUT2D eigenvalue weighted by Gasteiger charge is 2.03. The minimum absolute atomic E-state index is 0.222. The van der Waals surface area contributed by atoms with E-state index in [2.05, 4.69) is 17.2 Å². The van der Waals surface area contributed by atoms with Crippen molar-refractivity contribution in [2.75, 3.05) is 6.61 Å². The van der Waals surface area contributed by atoms with Crippen LogP contribution in [0.5, 0.6) is 0 Å². The highest BCUT2D eigenvalue weighted by atomic mass is 16.3. The van der Waals surface area contributed by atoms with Gasteiger partial charge in [-0.2, -0.15) is 0 Å². The van der Waals surface area contributed by atoms with E-state index in [0.717, 1.165) is 24.3 Å². The number of rotatable bonds is 5. The molecule has 0 radical (unpaired) electrons. The van der Waals surface area contributed by atoms with Crippen molar-refractivity contribution in [1.82, 2.24) is 14.7 Å². The first kappa shape index (κ1) is 11.1. The molecule has 4 nitrogen and oxygen atoms in total. The summed E-state index contributed by atoms with van der Waals surface area (Å²) in [4.78, 5) is 4.48. The van der Waals surface area contributed by atoms with Gasteiger partial charge in [-0.05, 0) is 25.5 Å². The number of nitrogens with zero attached hydrogens (tertiary/aromatic N) is 2. The number of aliphatic hydroxyl groups is 1. The Morgan fingerprint density at radius 2 is 2.38 bits per heavy atom. The van der Waals surface area contributed by atoms with Crippen molar-refractivity contribution in [3.8, 4) is 0 Å². The molecular weight excluding hydrogens is 202 g/mol. The normalized spacial score (nSPS) is 13.1. The first-order valence-electron chi connectivity index (χ1n) is 5.56. The number of aliphatic hydroxyl groups excluding tert-OH is 1. The van der Waals surface area contributed by atoms with E-state index in [9.17, 15) is 0 Å². The largest absolute Gasteiger partial charge is 0.396 e. The molecule has 86 valence electrons. The minimum atomic E-state index is 0.222. The molecule has 0 unspecified atom stereocenters. The Kier molecular flexibility index (Phi) is 3.54. The fourth-order valence-electron chi connectivity index (χ4n) is 1.65. The van der Waals surface area contributed by atoms with Gasteiger partial charge in [0.25, 0.3) is 0 Å². The van der Waals surface area contributed by atoms with Crippen molar-refractivity contribution in [3.63, 3.8) is 0 Å². The number of nitrogens with one attached hydrogen (secondary N) is 1. The Morgan fingerprint density at radius 3 is 3.12 bits per heavy atom. The van der Waals surface area contributed by atoms with Crippen LogP contribution < -0.4 is 5.32 Å². The number of aromatic nitrogens is 2. The van der Waals surface area contributed by atoms with Crippen molar-refractivity contribution in [2.45, 2.75) is 25.9 Å². The lowest BCUT2D eigenvalue weighted by atomic mass is 10.2. The van der Waals surface area contributed by atoms with Crippen molar-refractivity contribution >= 4 is 5.65 Å². The van der Waals surface area contributed by atoms with E-state index in [0.29, 0.717) is 6.04 Å². The molecular formula is C12H17N3O. The molecule has 0 fully saturated rings. The maximum absolute atomic E-state index is 8.79. The summed E-state index contributed by atoms with van der Waals surface area (Å²) in [7, 11) is 0. The van der Waals surface area contributed by atoms with Gasteiger partial charge in [-0.15, -0.1) is 0 Å². The standard InChI is InChI=1S/C12H17N3O/c1-10(5-7-16)13-8-11-9-15-6-3-2-4-12(15)14-11/h2-4,6,9-10,13,16H,5,7-8H2,1H3/t10-/m1/s1. The molecule has 2 aromatic rings. The zero-order valence-electron chi connectivity index (χ0n) is 9.43. The van der Waals surface area contributed by atoms with Gasteiger partial charge in [-0.1, -0.05) is 6.07 Å². The molecule has 0 aromatic carbocycles. The van der Waals surface area contributed by atoms with Gasteiger partial charge in [0.05, 0.1) is 5.69 Å². The molecule has 0 aliphatic rings. The van der Waals surface area contributed by atoms with Crippen LogP contribution in [0.15, 0.2) is 30.6 Å². The summed E-state index contributed by atoms with van der Waals surface area (Å²) in [6.07, 6.45) is 4.78. The molecule has 0 saturated carbocycles. The highest BCUT2D eigenvalue weighted by Crippen LogP contribution is 2.04. The average Bonchev–Trinajstić information content (AvgIpc) is 2.69. The highest BCUT2D eigenvalue weighted by molar-refractivity contribution is 5.39. The van der Waals surface area contributed by atoms with E-state index in [1.807, 2.05) is 35.0 Å². The Balaban J connectivity index is 1.99. The maximum Gasteiger partial charge on any atom is 0.137 e. The molecule has 2 heterocycles. The number of hydrogen-bond acceptors (Lipinski definition) is 3. The molecule has 2 N–H and O–H groups in total. The van der Waals surface area contributed by atoms with Crippen molar-refractivity contribution in [3.05, 3.63) is 36.3 Å². The molecule has 1 atom stereocenters. The van der Waals surface area contributed by atoms with Crippen LogP contribution in [0.4, 0.5) is 0 Å². The summed E-state index contributed by atoms with van der Waals surface area (Å²) in [6, 6.07) is 6.27. The number of imidazole rings is 1. The third kappa shape index (κ3) is 2.59. The third-order valence-corrected chi connectivity index (χ3v) is 2.61. The van der Waals surface area contributed by atoms with E-state index >= 15 is 0 Å². The monoisotopic (exact) mass is 219 g/mol. The lowest BCUT2D eigenvalue weighted by molar-refractivity contribution is 0.268. The maximum atomic E-state index is 8.79. The predicted octanol–water partition coefficient (Wildman–Crippen LogP) is 1.19. The summed E-state index contributed by atoms with van der Waals surface area (Å²) in [5, 5.41) is 12.1. The third-order valence-electron chi connectivity index (χ3n) is 2.61. The second-order valence-corrected chi connectivity index (χ2v) is 3.99. The first-order valence-corrected chi connectivity index (χ1v) is 5.56. The van der Waals surface area contributed by atoms with Crippen LogP contribution in [0.2, 0.25) is 0 Å². The lowest BCUT2D eigenvalue weighted by Gasteiger charge is -2.10.